The molecule has 1 aromatic carbocycles. The van der Waals surface area contributed by atoms with E-state index in [1.807, 2.05) is 13.8 Å². The van der Waals surface area contributed by atoms with Gasteiger partial charge in [-0.15, -0.1) is 0 Å². The molecule has 8 nitrogen and oxygen atoms in total. The lowest BCUT2D eigenvalue weighted by Crippen LogP contribution is -2.36. The quantitative estimate of drug-likeness (QED) is 0.731. The Morgan fingerprint density at radius 3 is 2.58 bits per heavy atom. The first kappa shape index (κ1) is 17.6. The molecule has 8 heteroatoms. The molecular weight excluding hydrogens is 316 g/mol. The van der Waals surface area contributed by atoms with Crippen LogP contribution in [0.5, 0.6) is 11.5 Å². The van der Waals surface area contributed by atoms with Gasteiger partial charge in [-0.25, -0.2) is 0 Å². The Bertz CT molecular complexity index is 627. The molecule has 0 bridgehead atoms. The highest BCUT2D eigenvalue weighted by atomic mass is 16.7. The third-order valence-corrected chi connectivity index (χ3v) is 3.50. The van der Waals surface area contributed by atoms with Crippen LogP contribution in [0.15, 0.2) is 18.2 Å². The molecule has 0 spiro atoms. The van der Waals surface area contributed by atoms with Gasteiger partial charge in [-0.3, -0.25) is 14.4 Å². The number of nitrogens with zero attached hydrogens (tertiary/aromatic N) is 1. The van der Waals surface area contributed by atoms with Crippen molar-refractivity contribution in [2.24, 2.45) is 0 Å². The van der Waals surface area contributed by atoms with Crippen molar-refractivity contribution in [1.29, 1.82) is 0 Å². The molecule has 0 atom stereocenters. The van der Waals surface area contributed by atoms with Crippen LogP contribution in [0, 0.1) is 0 Å². The number of hydrogen-bond donors (Lipinski definition) is 1. The van der Waals surface area contributed by atoms with Crippen LogP contribution in [0.25, 0.3) is 0 Å². The topological polar surface area (TPSA) is 94.2 Å². The van der Waals surface area contributed by atoms with Crippen molar-refractivity contribution in [3.05, 3.63) is 23.8 Å². The number of fused-ring (bicyclic) bond motifs is 1. The van der Waals surface area contributed by atoms with Crippen LogP contribution < -0.4 is 14.8 Å². The summed E-state index contributed by atoms with van der Waals surface area (Å²) >= 11 is 0. The molecule has 0 unspecified atom stereocenters. The Morgan fingerprint density at radius 2 is 1.88 bits per heavy atom. The van der Waals surface area contributed by atoms with E-state index in [1.54, 1.807) is 17.0 Å². The van der Waals surface area contributed by atoms with Gasteiger partial charge in [-0.05, 0) is 32.0 Å². The third-order valence-electron chi connectivity index (χ3n) is 3.50. The summed E-state index contributed by atoms with van der Waals surface area (Å²) in [5, 5.41) is 2.44. The predicted molar refractivity (Wildman–Crippen MR) is 83.8 cm³/mol. The van der Waals surface area contributed by atoms with Crippen LogP contribution >= 0.6 is 0 Å². The number of carbonyl (C=O) groups excluding carboxylic acids is 3. The van der Waals surface area contributed by atoms with Gasteiger partial charge in [0, 0.05) is 18.7 Å². The van der Waals surface area contributed by atoms with Crippen molar-refractivity contribution in [1.82, 2.24) is 10.2 Å². The summed E-state index contributed by atoms with van der Waals surface area (Å²) in [6.45, 7) is 4.25. The molecule has 24 heavy (non-hydrogen) atoms. The second kappa shape index (κ2) is 8.19. The zero-order chi connectivity index (χ0) is 17.5. The van der Waals surface area contributed by atoms with Gasteiger partial charge in [0.05, 0.1) is 0 Å². The van der Waals surface area contributed by atoms with Crippen molar-refractivity contribution in [3.8, 4) is 11.5 Å². The number of benzene rings is 1. The van der Waals surface area contributed by atoms with E-state index >= 15 is 0 Å². The van der Waals surface area contributed by atoms with E-state index in [4.69, 9.17) is 14.2 Å². The fourth-order valence-corrected chi connectivity index (χ4v) is 2.15. The van der Waals surface area contributed by atoms with Crippen LogP contribution in [-0.4, -0.2) is 55.7 Å². The molecule has 2 rings (SSSR count). The van der Waals surface area contributed by atoms with Gasteiger partial charge in [0.15, 0.2) is 18.1 Å². The first-order valence-electron chi connectivity index (χ1n) is 7.66. The lowest BCUT2D eigenvalue weighted by atomic mass is 10.2. The van der Waals surface area contributed by atoms with Crippen molar-refractivity contribution < 1.29 is 28.6 Å². The molecule has 0 saturated carbocycles. The normalized spacial score (nSPS) is 11.8. The number of rotatable bonds is 7. The molecule has 0 aliphatic carbocycles. The van der Waals surface area contributed by atoms with Gasteiger partial charge < -0.3 is 24.4 Å². The van der Waals surface area contributed by atoms with Gasteiger partial charge in [0.1, 0.15) is 6.54 Å². The van der Waals surface area contributed by atoms with Crippen molar-refractivity contribution in [2.75, 3.05) is 33.0 Å². The van der Waals surface area contributed by atoms with Crippen LogP contribution in [0.1, 0.15) is 24.2 Å². The number of ether oxygens (including phenoxy) is 3. The fraction of sp³-hybridized carbons (Fsp3) is 0.438. The maximum Gasteiger partial charge on any atom is 0.325 e. The Kier molecular flexibility index (Phi) is 6.00. The van der Waals surface area contributed by atoms with Crippen molar-refractivity contribution >= 4 is 17.8 Å². The van der Waals surface area contributed by atoms with Gasteiger partial charge >= 0.3 is 5.97 Å². The third kappa shape index (κ3) is 4.37. The van der Waals surface area contributed by atoms with Gasteiger partial charge in [0.25, 0.3) is 11.8 Å². The summed E-state index contributed by atoms with van der Waals surface area (Å²) in [5.74, 6) is -0.337. The second-order valence-corrected chi connectivity index (χ2v) is 4.98. The zero-order valence-corrected chi connectivity index (χ0v) is 13.7. The van der Waals surface area contributed by atoms with Gasteiger partial charge in [-0.1, -0.05) is 0 Å². The molecule has 1 aliphatic heterocycles. The molecule has 1 heterocycles. The van der Waals surface area contributed by atoms with Crippen molar-refractivity contribution in [3.63, 3.8) is 0 Å². The highest BCUT2D eigenvalue weighted by Crippen LogP contribution is 2.32. The Morgan fingerprint density at radius 1 is 1.17 bits per heavy atom. The first-order chi connectivity index (χ1) is 11.5. The fourth-order valence-electron chi connectivity index (χ4n) is 2.15. The summed E-state index contributed by atoms with van der Waals surface area (Å²) in [4.78, 5) is 36.9. The Hall–Kier alpha value is -2.77. The van der Waals surface area contributed by atoms with Crippen LogP contribution in [0.4, 0.5) is 0 Å². The SMILES string of the molecule is CCN(CC)C(=O)COC(=O)CNC(=O)c1ccc2c(c1)OCO2. The minimum absolute atomic E-state index is 0.118. The Labute approximate surface area is 139 Å². The van der Waals surface area contributed by atoms with E-state index < -0.39 is 11.9 Å². The van der Waals surface area contributed by atoms with E-state index in [2.05, 4.69) is 5.32 Å². The van der Waals surface area contributed by atoms with Crippen LogP contribution in [-0.2, 0) is 14.3 Å². The average molecular weight is 336 g/mol. The first-order valence-corrected chi connectivity index (χ1v) is 7.66. The predicted octanol–water partition coefficient (Wildman–Crippen LogP) is 0.557. The molecule has 2 amide bonds. The van der Waals surface area contributed by atoms with Gasteiger partial charge in [0.2, 0.25) is 6.79 Å². The average Bonchev–Trinajstić information content (AvgIpc) is 3.06. The number of likely N-dealkylation sites (N-methyl/N-ethyl adjacent to an activating group) is 1. The number of hydrogen-bond acceptors (Lipinski definition) is 6. The standard InChI is InChI=1S/C16H20N2O6/c1-3-18(4-2)14(19)9-22-15(20)8-17-16(21)11-5-6-12-13(7-11)24-10-23-12/h5-7H,3-4,8-10H2,1-2H3,(H,17,21). The molecule has 1 N–H and O–H groups in total. The summed E-state index contributed by atoms with van der Waals surface area (Å²) < 4.78 is 15.2. The second-order valence-electron chi connectivity index (χ2n) is 4.98. The van der Waals surface area contributed by atoms with E-state index in [9.17, 15) is 14.4 Å². The summed E-state index contributed by atoms with van der Waals surface area (Å²) in [5.41, 5.74) is 0.339. The van der Waals surface area contributed by atoms with Crippen LogP contribution in [0.2, 0.25) is 0 Å². The smallest absolute Gasteiger partial charge is 0.325 e. The van der Waals surface area contributed by atoms with E-state index in [-0.39, 0.29) is 25.9 Å². The van der Waals surface area contributed by atoms with Gasteiger partial charge in [-0.2, -0.15) is 0 Å². The molecule has 0 fully saturated rings. The zero-order valence-electron chi connectivity index (χ0n) is 13.7. The maximum atomic E-state index is 12.0. The Balaban J connectivity index is 1.77. The number of esters is 1. The van der Waals surface area contributed by atoms with Crippen molar-refractivity contribution in [2.45, 2.75) is 13.8 Å². The minimum atomic E-state index is -0.676. The lowest BCUT2D eigenvalue weighted by Gasteiger charge is -2.18. The largest absolute Gasteiger partial charge is 0.454 e. The van der Waals surface area contributed by atoms with E-state index in [0.717, 1.165) is 0 Å². The molecule has 0 aromatic heterocycles. The van der Waals surface area contributed by atoms with Crippen LogP contribution in [0.3, 0.4) is 0 Å². The highest BCUT2D eigenvalue weighted by molar-refractivity contribution is 5.96. The monoisotopic (exact) mass is 336 g/mol. The summed E-state index contributed by atoms with van der Waals surface area (Å²) in [7, 11) is 0. The number of nitrogens with one attached hydrogen (secondary N) is 1. The molecule has 1 aliphatic rings. The molecular formula is C16H20N2O6. The number of amides is 2. The molecule has 130 valence electrons. The van der Waals surface area contributed by atoms with E-state index in [1.165, 1.54) is 6.07 Å². The lowest BCUT2D eigenvalue weighted by molar-refractivity contribution is -0.151. The number of carbonyl (C=O) groups is 3. The maximum absolute atomic E-state index is 12.0. The minimum Gasteiger partial charge on any atom is -0.454 e. The summed E-state index contributed by atoms with van der Waals surface area (Å²) in [6.07, 6.45) is 0. The molecule has 0 saturated heterocycles. The molecule has 1 aromatic rings. The highest BCUT2D eigenvalue weighted by Gasteiger charge is 2.17. The summed E-state index contributed by atoms with van der Waals surface area (Å²) in [6, 6.07) is 4.73. The van der Waals surface area contributed by atoms with E-state index in [0.29, 0.717) is 30.2 Å². The molecule has 0 radical (unpaired) electrons.